The number of rotatable bonds is 8. The number of alkyl halides is 1. The molecular formula is C18H20ClNO2. The van der Waals surface area contributed by atoms with Crippen LogP contribution in [0.4, 0.5) is 0 Å². The van der Waals surface area contributed by atoms with E-state index in [9.17, 15) is 4.79 Å². The van der Waals surface area contributed by atoms with Gasteiger partial charge in [-0.2, -0.15) is 0 Å². The number of carbonyl (C=O) groups is 1. The van der Waals surface area contributed by atoms with Crippen LogP contribution in [-0.2, 0) is 17.9 Å². The highest BCUT2D eigenvalue weighted by atomic mass is 35.5. The van der Waals surface area contributed by atoms with Crippen LogP contribution in [0.15, 0.2) is 54.6 Å². The van der Waals surface area contributed by atoms with E-state index < -0.39 is 0 Å². The lowest BCUT2D eigenvalue weighted by Gasteiger charge is -2.12. The Kier molecular flexibility index (Phi) is 6.78. The molecule has 0 bridgehead atoms. The summed E-state index contributed by atoms with van der Waals surface area (Å²) in [6.45, 7) is 0.993. The standard InChI is InChI=1S/C18H20ClNO2/c19-12-6-11-18(21)20-13-15-7-4-5-8-16(15)14-22-17-9-2-1-3-10-17/h1-5,7-10H,6,11-14H2,(H,20,21). The molecule has 0 atom stereocenters. The second-order valence-electron chi connectivity index (χ2n) is 4.94. The summed E-state index contributed by atoms with van der Waals surface area (Å²) in [7, 11) is 0. The molecule has 2 rings (SSSR count). The van der Waals surface area contributed by atoms with Crippen LogP contribution in [0.1, 0.15) is 24.0 Å². The first-order valence-electron chi connectivity index (χ1n) is 7.37. The van der Waals surface area contributed by atoms with Crippen molar-refractivity contribution >= 4 is 17.5 Å². The van der Waals surface area contributed by atoms with Gasteiger partial charge in [0.05, 0.1) is 0 Å². The number of nitrogens with one attached hydrogen (secondary N) is 1. The van der Waals surface area contributed by atoms with E-state index in [1.54, 1.807) is 0 Å². The minimum Gasteiger partial charge on any atom is -0.489 e. The minimum atomic E-state index is 0.0273. The highest BCUT2D eigenvalue weighted by Gasteiger charge is 2.05. The molecule has 3 nitrogen and oxygen atoms in total. The van der Waals surface area contributed by atoms with E-state index >= 15 is 0 Å². The Hall–Kier alpha value is -2.00. The molecule has 4 heteroatoms. The van der Waals surface area contributed by atoms with Gasteiger partial charge in [0.2, 0.25) is 5.91 Å². The van der Waals surface area contributed by atoms with Crippen molar-refractivity contribution in [1.82, 2.24) is 5.32 Å². The number of ether oxygens (including phenoxy) is 1. The van der Waals surface area contributed by atoms with Gasteiger partial charge in [-0.3, -0.25) is 4.79 Å². The average molecular weight is 318 g/mol. The Bertz CT molecular complexity index is 587. The van der Waals surface area contributed by atoms with E-state index in [-0.39, 0.29) is 5.91 Å². The first-order chi connectivity index (χ1) is 10.8. The molecule has 0 aromatic heterocycles. The van der Waals surface area contributed by atoms with Gasteiger partial charge in [0, 0.05) is 18.8 Å². The second kappa shape index (κ2) is 9.11. The van der Waals surface area contributed by atoms with Crippen LogP contribution in [0.2, 0.25) is 0 Å². The van der Waals surface area contributed by atoms with Crippen molar-refractivity contribution < 1.29 is 9.53 Å². The molecular weight excluding hydrogens is 298 g/mol. The number of carbonyl (C=O) groups excluding carboxylic acids is 1. The van der Waals surface area contributed by atoms with E-state index in [4.69, 9.17) is 16.3 Å². The number of benzene rings is 2. The first-order valence-corrected chi connectivity index (χ1v) is 7.90. The molecule has 0 heterocycles. The fraction of sp³-hybridized carbons (Fsp3) is 0.278. The third-order valence-electron chi connectivity index (χ3n) is 3.27. The maximum Gasteiger partial charge on any atom is 0.220 e. The zero-order chi connectivity index (χ0) is 15.6. The predicted molar refractivity (Wildman–Crippen MR) is 89.0 cm³/mol. The lowest BCUT2D eigenvalue weighted by atomic mass is 10.1. The van der Waals surface area contributed by atoms with Gasteiger partial charge < -0.3 is 10.1 Å². The normalized spacial score (nSPS) is 10.2. The van der Waals surface area contributed by atoms with Crippen molar-refractivity contribution in [1.29, 1.82) is 0 Å². The van der Waals surface area contributed by atoms with Gasteiger partial charge in [0.15, 0.2) is 0 Å². The van der Waals surface area contributed by atoms with E-state index in [1.165, 1.54) is 0 Å². The molecule has 116 valence electrons. The van der Waals surface area contributed by atoms with Gasteiger partial charge in [-0.25, -0.2) is 0 Å². The molecule has 0 aliphatic heterocycles. The molecule has 0 saturated carbocycles. The largest absolute Gasteiger partial charge is 0.489 e. The zero-order valence-electron chi connectivity index (χ0n) is 12.4. The van der Waals surface area contributed by atoms with Crippen molar-refractivity contribution in [3.8, 4) is 5.75 Å². The van der Waals surface area contributed by atoms with Crippen LogP contribution in [0.25, 0.3) is 0 Å². The first kappa shape index (κ1) is 16.4. The van der Waals surface area contributed by atoms with Gasteiger partial charge in [-0.15, -0.1) is 11.6 Å². The molecule has 0 radical (unpaired) electrons. The van der Waals surface area contributed by atoms with Crippen LogP contribution in [0.3, 0.4) is 0 Å². The highest BCUT2D eigenvalue weighted by Crippen LogP contribution is 2.14. The topological polar surface area (TPSA) is 38.3 Å². The Morgan fingerprint density at radius 3 is 2.41 bits per heavy atom. The molecule has 1 N–H and O–H groups in total. The van der Waals surface area contributed by atoms with Gasteiger partial charge in [-0.1, -0.05) is 42.5 Å². The summed E-state index contributed by atoms with van der Waals surface area (Å²) in [6.07, 6.45) is 1.17. The molecule has 1 amide bonds. The molecule has 0 aliphatic rings. The zero-order valence-corrected chi connectivity index (χ0v) is 13.2. The number of hydrogen-bond donors (Lipinski definition) is 1. The molecule has 0 fully saturated rings. The highest BCUT2D eigenvalue weighted by molar-refractivity contribution is 6.17. The number of hydrogen-bond acceptors (Lipinski definition) is 2. The van der Waals surface area contributed by atoms with Crippen LogP contribution in [0, 0.1) is 0 Å². The lowest BCUT2D eigenvalue weighted by molar-refractivity contribution is -0.121. The van der Waals surface area contributed by atoms with Crippen molar-refractivity contribution in [3.63, 3.8) is 0 Å². The number of halogens is 1. The fourth-order valence-electron chi connectivity index (χ4n) is 2.06. The summed E-state index contributed by atoms with van der Waals surface area (Å²) in [5.74, 6) is 1.37. The van der Waals surface area contributed by atoms with Crippen LogP contribution in [0.5, 0.6) is 5.75 Å². The minimum absolute atomic E-state index is 0.0273. The van der Waals surface area contributed by atoms with E-state index in [2.05, 4.69) is 5.32 Å². The monoisotopic (exact) mass is 317 g/mol. The second-order valence-corrected chi connectivity index (χ2v) is 5.32. The van der Waals surface area contributed by atoms with Crippen molar-refractivity contribution in [2.45, 2.75) is 26.0 Å². The summed E-state index contributed by atoms with van der Waals surface area (Å²) in [5, 5.41) is 2.92. The Morgan fingerprint density at radius 1 is 1.00 bits per heavy atom. The van der Waals surface area contributed by atoms with Gasteiger partial charge >= 0.3 is 0 Å². The van der Waals surface area contributed by atoms with Crippen LogP contribution in [-0.4, -0.2) is 11.8 Å². The molecule has 22 heavy (non-hydrogen) atoms. The number of amides is 1. The molecule has 2 aromatic rings. The Labute approximate surface area is 136 Å². The Morgan fingerprint density at radius 2 is 1.68 bits per heavy atom. The van der Waals surface area contributed by atoms with Crippen LogP contribution >= 0.6 is 11.6 Å². The summed E-state index contributed by atoms with van der Waals surface area (Å²) in [4.78, 5) is 11.7. The fourth-order valence-corrected chi connectivity index (χ4v) is 2.19. The molecule has 0 spiro atoms. The van der Waals surface area contributed by atoms with Crippen LogP contribution < -0.4 is 10.1 Å². The van der Waals surface area contributed by atoms with E-state index in [0.29, 0.717) is 31.9 Å². The third-order valence-corrected chi connectivity index (χ3v) is 3.54. The van der Waals surface area contributed by atoms with Gasteiger partial charge in [0.25, 0.3) is 0 Å². The molecule has 0 aliphatic carbocycles. The maximum atomic E-state index is 11.7. The quantitative estimate of drug-likeness (QED) is 0.750. The van der Waals surface area contributed by atoms with Gasteiger partial charge in [-0.05, 0) is 29.7 Å². The van der Waals surface area contributed by atoms with E-state index in [0.717, 1.165) is 16.9 Å². The molecule has 0 saturated heterocycles. The summed E-state index contributed by atoms with van der Waals surface area (Å²) < 4.78 is 5.77. The molecule has 2 aromatic carbocycles. The third kappa shape index (κ3) is 5.41. The summed E-state index contributed by atoms with van der Waals surface area (Å²) in [6, 6.07) is 17.7. The lowest BCUT2D eigenvalue weighted by Crippen LogP contribution is -2.23. The average Bonchev–Trinajstić information content (AvgIpc) is 2.58. The number of para-hydroxylation sites is 1. The summed E-state index contributed by atoms with van der Waals surface area (Å²) in [5.41, 5.74) is 2.14. The SMILES string of the molecule is O=C(CCCCl)NCc1ccccc1COc1ccccc1. The predicted octanol–water partition coefficient (Wildman–Crippen LogP) is 3.90. The van der Waals surface area contributed by atoms with Crippen molar-refractivity contribution in [2.75, 3.05) is 5.88 Å². The summed E-state index contributed by atoms with van der Waals surface area (Å²) >= 11 is 5.59. The maximum absolute atomic E-state index is 11.7. The van der Waals surface area contributed by atoms with E-state index in [1.807, 2.05) is 54.6 Å². The van der Waals surface area contributed by atoms with Crippen molar-refractivity contribution in [2.24, 2.45) is 0 Å². The smallest absolute Gasteiger partial charge is 0.220 e. The molecule has 0 unspecified atom stereocenters. The van der Waals surface area contributed by atoms with Crippen molar-refractivity contribution in [3.05, 3.63) is 65.7 Å². The Balaban J connectivity index is 1.90. The van der Waals surface area contributed by atoms with Gasteiger partial charge in [0.1, 0.15) is 12.4 Å².